The molecule has 0 bridgehead atoms. The number of hydrogen-bond donors (Lipinski definition) is 0. The van der Waals surface area contributed by atoms with Crippen LogP contribution < -0.4 is 4.90 Å². The number of hydrogen-bond acceptors (Lipinski definition) is 5. The molecule has 2 aliphatic rings. The smallest absolute Gasteiger partial charge is 0.229 e. The maximum absolute atomic E-state index is 12.4. The van der Waals surface area contributed by atoms with E-state index in [1.807, 2.05) is 35.0 Å². The van der Waals surface area contributed by atoms with Crippen LogP contribution in [0.2, 0.25) is 0 Å². The van der Waals surface area contributed by atoms with Gasteiger partial charge in [-0.15, -0.1) is 0 Å². The molecule has 4 heterocycles. The summed E-state index contributed by atoms with van der Waals surface area (Å²) in [6, 6.07) is 3.84. The van der Waals surface area contributed by atoms with Gasteiger partial charge in [-0.2, -0.15) is 16.9 Å². The van der Waals surface area contributed by atoms with Crippen molar-refractivity contribution >= 4 is 29.1 Å². The van der Waals surface area contributed by atoms with Crippen molar-refractivity contribution in [2.75, 3.05) is 42.6 Å². The number of thioether (sulfide) groups is 1. The Morgan fingerprint density at radius 3 is 2.86 bits per heavy atom. The molecule has 0 radical (unpaired) electrons. The van der Waals surface area contributed by atoms with Crippen LogP contribution in [-0.2, 0) is 4.79 Å². The molecule has 1 amide bonds. The highest BCUT2D eigenvalue weighted by molar-refractivity contribution is 7.99. The zero-order chi connectivity index (χ0) is 14.2. The Morgan fingerprint density at radius 1 is 1.24 bits per heavy atom. The Hall–Kier alpha value is -1.76. The summed E-state index contributed by atoms with van der Waals surface area (Å²) in [6.07, 6.45) is 3.65. The number of nitrogens with zero attached hydrogens (tertiary/aromatic N) is 5. The average molecular weight is 303 g/mol. The van der Waals surface area contributed by atoms with Crippen LogP contribution in [0.3, 0.4) is 0 Å². The highest BCUT2D eigenvalue weighted by Gasteiger charge is 2.36. The van der Waals surface area contributed by atoms with Gasteiger partial charge in [0.15, 0.2) is 5.65 Å². The average Bonchev–Trinajstić information content (AvgIpc) is 2.94. The van der Waals surface area contributed by atoms with Crippen LogP contribution in [0.4, 0.5) is 5.82 Å². The number of amides is 1. The molecule has 0 spiro atoms. The normalized spacial score (nSPS) is 19.8. The van der Waals surface area contributed by atoms with Crippen LogP contribution in [0.15, 0.2) is 24.5 Å². The van der Waals surface area contributed by atoms with Crippen molar-refractivity contribution in [2.24, 2.45) is 5.92 Å². The first-order valence-electron chi connectivity index (χ1n) is 7.23. The summed E-state index contributed by atoms with van der Waals surface area (Å²) in [5.41, 5.74) is 0.843. The van der Waals surface area contributed by atoms with Crippen molar-refractivity contribution < 1.29 is 4.79 Å². The second-order valence-corrected chi connectivity index (χ2v) is 6.68. The van der Waals surface area contributed by atoms with Gasteiger partial charge in [0.1, 0.15) is 5.82 Å². The SMILES string of the molecule is O=C(C1CN(c2ccn3nccc3n2)C1)N1CCSCC1. The number of fused-ring (bicyclic) bond motifs is 1. The largest absolute Gasteiger partial charge is 0.355 e. The first-order chi connectivity index (χ1) is 10.3. The summed E-state index contributed by atoms with van der Waals surface area (Å²) in [6.45, 7) is 3.36. The molecule has 2 aliphatic heterocycles. The molecule has 4 rings (SSSR count). The summed E-state index contributed by atoms with van der Waals surface area (Å²) in [7, 11) is 0. The van der Waals surface area contributed by atoms with E-state index >= 15 is 0 Å². The van der Waals surface area contributed by atoms with Crippen LogP contribution in [-0.4, -0.2) is 63.1 Å². The van der Waals surface area contributed by atoms with Gasteiger partial charge < -0.3 is 9.80 Å². The molecule has 21 heavy (non-hydrogen) atoms. The molecular weight excluding hydrogens is 286 g/mol. The molecule has 0 aliphatic carbocycles. The monoisotopic (exact) mass is 303 g/mol. The van der Waals surface area contributed by atoms with Crippen LogP contribution in [0.25, 0.3) is 5.65 Å². The van der Waals surface area contributed by atoms with Crippen molar-refractivity contribution in [2.45, 2.75) is 0 Å². The van der Waals surface area contributed by atoms with E-state index in [0.29, 0.717) is 5.91 Å². The quantitative estimate of drug-likeness (QED) is 0.819. The molecule has 7 heteroatoms. The van der Waals surface area contributed by atoms with Crippen LogP contribution >= 0.6 is 11.8 Å². The van der Waals surface area contributed by atoms with Crippen molar-refractivity contribution in [1.82, 2.24) is 19.5 Å². The zero-order valence-electron chi connectivity index (χ0n) is 11.7. The van der Waals surface area contributed by atoms with Gasteiger partial charge >= 0.3 is 0 Å². The lowest BCUT2D eigenvalue weighted by Crippen LogP contribution is -2.56. The molecule has 0 saturated carbocycles. The zero-order valence-corrected chi connectivity index (χ0v) is 12.5. The topological polar surface area (TPSA) is 53.7 Å². The first kappa shape index (κ1) is 12.9. The van der Waals surface area contributed by atoms with Crippen LogP contribution in [0.5, 0.6) is 0 Å². The summed E-state index contributed by atoms with van der Waals surface area (Å²) in [4.78, 5) is 21.1. The third-order valence-electron chi connectivity index (χ3n) is 4.12. The predicted octanol–water partition coefficient (Wildman–Crippen LogP) is 0.741. The molecule has 0 atom stereocenters. The second kappa shape index (κ2) is 5.22. The van der Waals surface area contributed by atoms with Gasteiger partial charge in [-0.1, -0.05) is 0 Å². The maximum atomic E-state index is 12.4. The molecule has 2 saturated heterocycles. The fourth-order valence-corrected chi connectivity index (χ4v) is 3.75. The van der Waals surface area contributed by atoms with Gasteiger partial charge in [-0.25, -0.2) is 9.50 Å². The molecule has 0 aromatic carbocycles. The molecular formula is C14H17N5OS. The number of carbonyl (C=O) groups excluding carboxylic acids is 1. The number of carbonyl (C=O) groups is 1. The van der Waals surface area contributed by atoms with Crippen LogP contribution in [0, 0.1) is 5.92 Å². The maximum Gasteiger partial charge on any atom is 0.229 e. The standard InChI is InChI=1S/C14H17N5OS/c20-14(17-5-7-21-8-6-17)11-9-18(10-11)12-2-4-19-13(16-12)1-3-15-19/h1-4,11H,5-10H2. The van der Waals surface area contributed by atoms with E-state index in [9.17, 15) is 4.79 Å². The Morgan fingerprint density at radius 2 is 2.05 bits per heavy atom. The van der Waals surface area contributed by atoms with E-state index < -0.39 is 0 Å². The Balaban J connectivity index is 1.40. The minimum absolute atomic E-state index is 0.135. The predicted molar refractivity (Wildman–Crippen MR) is 82.6 cm³/mol. The Labute approximate surface area is 127 Å². The molecule has 0 N–H and O–H groups in total. The minimum atomic E-state index is 0.135. The van der Waals surface area contributed by atoms with Gasteiger partial charge in [0.2, 0.25) is 5.91 Å². The molecule has 110 valence electrons. The summed E-state index contributed by atoms with van der Waals surface area (Å²) >= 11 is 1.93. The fraction of sp³-hybridized carbons (Fsp3) is 0.500. The highest BCUT2D eigenvalue weighted by Crippen LogP contribution is 2.25. The van der Waals surface area contributed by atoms with Crippen molar-refractivity contribution in [1.29, 1.82) is 0 Å². The third kappa shape index (κ3) is 2.35. The fourth-order valence-electron chi connectivity index (χ4n) is 2.84. The lowest BCUT2D eigenvalue weighted by atomic mass is 9.98. The summed E-state index contributed by atoms with van der Waals surface area (Å²) < 4.78 is 1.75. The minimum Gasteiger partial charge on any atom is -0.355 e. The lowest BCUT2D eigenvalue weighted by Gasteiger charge is -2.42. The highest BCUT2D eigenvalue weighted by atomic mass is 32.2. The molecule has 2 aromatic heterocycles. The number of rotatable bonds is 2. The van der Waals surface area contributed by atoms with Crippen molar-refractivity contribution in [3.63, 3.8) is 0 Å². The Kier molecular flexibility index (Phi) is 3.21. The van der Waals surface area contributed by atoms with Gasteiger partial charge in [-0.05, 0) is 6.07 Å². The lowest BCUT2D eigenvalue weighted by molar-refractivity contribution is -0.135. The van der Waals surface area contributed by atoms with Gasteiger partial charge in [0, 0.05) is 49.9 Å². The van der Waals surface area contributed by atoms with E-state index in [4.69, 9.17) is 0 Å². The van der Waals surface area contributed by atoms with Crippen molar-refractivity contribution in [3.05, 3.63) is 24.5 Å². The summed E-state index contributed by atoms with van der Waals surface area (Å²) in [5.74, 6) is 3.53. The third-order valence-corrected chi connectivity index (χ3v) is 5.06. The molecule has 2 aromatic rings. The number of aromatic nitrogens is 3. The van der Waals surface area contributed by atoms with Gasteiger partial charge in [-0.3, -0.25) is 4.79 Å². The number of anilines is 1. The van der Waals surface area contributed by atoms with E-state index in [1.165, 1.54) is 0 Å². The van der Waals surface area contributed by atoms with E-state index in [1.54, 1.807) is 10.7 Å². The molecule has 0 unspecified atom stereocenters. The van der Waals surface area contributed by atoms with Gasteiger partial charge in [0.25, 0.3) is 0 Å². The van der Waals surface area contributed by atoms with E-state index in [2.05, 4.69) is 15.0 Å². The van der Waals surface area contributed by atoms with Crippen LogP contribution in [0.1, 0.15) is 0 Å². The van der Waals surface area contributed by atoms with E-state index in [0.717, 1.165) is 49.1 Å². The molecule has 2 fully saturated rings. The molecule has 6 nitrogen and oxygen atoms in total. The van der Waals surface area contributed by atoms with E-state index in [-0.39, 0.29) is 5.92 Å². The first-order valence-corrected chi connectivity index (χ1v) is 8.38. The van der Waals surface area contributed by atoms with Crippen molar-refractivity contribution in [3.8, 4) is 0 Å². The Bertz CT molecular complexity index is 660. The van der Waals surface area contributed by atoms with Gasteiger partial charge in [0.05, 0.1) is 12.1 Å². The summed E-state index contributed by atoms with van der Waals surface area (Å²) in [5, 5.41) is 4.14. The second-order valence-electron chi connectivity index (χ2n) is 5.46.